The van der Waals surface area contributed by atoms with Gasteiger partial charge in [-0.2, -0.15) is 13.2 Å². The molecule has 2 aromatic carbocycles. The van der Waals surface area contributed by atoms with Crippen molar-refractivity contribution in [2.24, 2.45) is 0 Å². The van der Waals surface area contributed by atoms with Gasteiger partial charge in [-0.1, -0.05) is 37.3 Å². The third-order valence-electron chi connectivity index (χ3n) is 4.28. The Morgan fingerprint density at radius 1 is 1.03 bits per heavy atom. The molecule has 0 aliphatic heterocycles. The van der Waals surface area contributed by atoms with Crippen molar-refractivity contribution in [3.63, 3.8) is 0 Å². The van der Waals surface area contributed by atoms with Gasteiger partial charge in [0.2, 0.25) is 5.91 Å². The van der Waals surface area contributed by atoms with Crippen molar-refractivity contribution >= 4 is 17.5 Å². The summed E-state index contributed by atoms with van der Waals surface area (Å²) in [7, 11) is 0. The number of hydrogen-bond acceptors (Lipinski definition) is 3. The highest BCUT2D eigenvalue weighted by molar-refractivity contribution is 5.95. The number of amides is 2. The Hall–Kier alpha value is -3.03. The Labute approximate surface area is 167 Å². The van der Waals surface area contributed by atoms with Crippen LogP contribution in [-0.2, 0) is 22.2 Å². The van der Waals surface area contributed by atoms with Gasteiger partial charge in [-0.05, 0) is 37.1 Å². The lowest BCUT2D eigenvalue weighted by Gasteiger charge is -2.21. The minimum absolute atomic E-state index is 0.214. The molecule has 5 nitrogen and oxygen atoms in total. The molecule has 0 bridgehead atoms. The maximum Gasteiger partial charge on any atom is 0.418 e. The van der Waals surface area contributed by atoms with Crippen molar-refractivity contribution in [3.05, 3.63) is 59.7 Å². The van der Waals surface area contributed by atoms with E-state index in [1.807, 2.05) is 19.1 Å². The van der Waals surface area contributed by atoms with E-state index >= 15 is 0 Å². The van der Waals surface area contributed by atoms with E-state index in [4.69, 9.17) is 4.74 Å². The highest BCUT2D eigenvalue weighted by atomic mass is 19.4. The zero-order chi connectivity index (χ0) is 21.4. The van der Waals surface area contributed by atoms with Crippen molar-refractivity contribution in [1.82, 2.24) is 4.90 Å². The molecule has 0 saturated carbocycles. The summed E-state index contributed by atoms with van der Waals surface area (Å²) in [6.45, 7) is 3.21. The molecule has 29 heavy (non-hydrogen) atoms. The molecule has 0 aromatic heterocycles. The summed E-state index contributed by atoms with van der Waals surface area (Å²) in [5.41, 5.74) is -0.339. The second-order valence-corrected chi connectivity index (χ2v) is 6.25. The van der Waals surface area contributed by atoms with Gasteiger partial charge in [0.05, 0.1) is 17.8 Å². The Kier molecular flexibility index (Phi) is 7.64. The molecule has 1 N–H and O–H groups in total. The number of likely N-dealkylation sites (N-methyl/N-ethyl adjacent to an activating group) is 1. The van der Waals surface area contributed by atoms with Gasteiger partial charge in [-0.15, -0.1) is 0 Å². The summed E-state index contributed by atoms with van der Waals surface area (Å²) < 4.78 is 44.7. The predicted molar refractivity (Wildman–Crippen MR) is 104 cm³/mol. The number of nitrogens with one attached hydrogen (secondary N) is 1. The second kappa shape index (κ2) is 9.95. The molecule has 0 fully saturated rings. The van der Waals surface area contributed by atoms with Crippen LogP contribution < -0.4 is 10.1 Å². The largest absolute Gasteiger partial charge is 0.483 e. The van der Waals surface area contributed by atoms with E-state index in [1.165, 1.54) is 23.1 Å². The Morgan fingerprint density at radius 3 is 2.34 bits per heavy atom. The monoisotopic (exact) mass is 408 g/mol. The van der Waals surface area contributed by atoms with E-state index < -0.39 is 23.6 Å². The van der Waals surface area contributed by atoms with E-state index in [9.17, 15) is 22.8 Å². The van der Waals surface area contributed by atoms with Gasteiger partial charge < -0.3 is 15.0 Å². The molecule has 0 spiro atoms. The topological polar surface area (TPSA) is 58.6 Å². The van der Waals surface area contributed by atoms with Crippen molar-refractivity contribution in [3.8, 4) is 5.75 Å². The quantitative estimate of drug-likeness (QED) is 0.715. The highest BCUT2D eigenvalue weighted by Crippen LogP contribution is 2.34. The lowest BCUT2D eigenvalue weighted by atomic mass is 10.1. The number of nitrogens with zero attached hydrogens (tertiary/aromatic N) is 1. The first kappa shape index (κ1) is 22.3. The van der Waals surface area contributed by atoms with Crippen LogP contribution in [0, 0.1) is 0 Å². The molecule has 0 aliphatic carbocycles. The van der Waals surface area contributed by atoms with Gasteiger partial charge in [0.1, 0.15) is 5.75 Å². The number of ether oxygens (including phenoxy) is 1. The number of rotatable bonds is 8. The minimum atomic E-state index is -4.59. The van der Waals surface area contributed by atoms with Gasteiger partial charge in [-0.25, -0.2) is 0 Å². The predicted octanol–water partition coefficient (Wildman–Crippen LogP) is 4.13. The van der Waals surface area contributed by atoms with Gasteiger partial charge in [0, 0.05) is 6.54 Å². The summed E-state index contributed by atoms with van der Waals surface area (Å²) in [6.07, 6.45) is -3.85. The minimum Gasteiger partial charge on any atom is -0.483 e. The van der Waals surface area contributed by atoms with Crippen molar-refractivity contribution < 1.29 is 27.5 Å². The maximum atomic E-state index is 13.0. The molecule has 2 aromatic rings. The third kappa shape index (κ3) is 6.23. The van der Waals surface area contributed by atoms with E-state index in [-0.39, 0.29) is 25.4 Å². The number of carbonyl (C=O) groups excluding carboxylic acids is 2. The van der Waals surface area contributed by atoms with Gasteiger partial charge in [-0.3, -0.25) is 9.59 Å². The number of aryl methyl sites for hydroxylation is 1. The van der Waals surface area contributed by atoms with Crippen LogP contribution >= 0.6 is 0 Å². The highest BCUT2D eigenvalue weighted by Gasteiger charge is 2.33. The Balaban J connectivity index is 1.99. The van der Waals surface area contributed by atoms with Gasteiger partial charge >= 0.3 is 6.18 Å². The molecule has 8 heteroatoms. The normalized spacial score (nSPS) is 11.1. The summed E-state index contributed by atoms with van der Waals surface area (Å²) in [6, 6.07) is 12.0. The van der Waals surface area contributed by atoms with Crippen LogP contribution in [0.4, 0.5) is 18.9 Å². The first-order valence-corrected chi connectivity index (χ1v) is 9.20. The summed E-state index contributed by atoms with van der Waals surface area (Å²) in [5.74, 6) is -0.563. The number of anilines is 1. The first-order chi connectivity index (χ1) is 13.8. The summed E-state index contributed by atoms with van der Waals surface area (Å²) in [4.78, 5) is 25.9. The standard InChI is InChI=1S/C21H23F3N2O3/c1-3-15-9-5-8-12-18(15)29-14-20(28)26(4-2)13-19(27)25-17-11-7-6-10-16(17)21(22,23)24/h5-12H,3-4,13-14H2,1-2H3,(H,25,27). The van der Waals surface area contributed by atoms with Crippen LogP contribution in [0.2, 0.25) is 0 Å². The molecule has 0 saturated heterocycles. The smallest absolute Gasteiger partial charge is 0.418 e. The lowest BCUT2D eigenvalue weighted by Crippen LogP contribution is -2.40. The fraction of sp³-hybridized carbons (Fsp3) is 0.333. The molecule has 2 amide bonds. The van der Waals surface area contributed by atoms with Crippen molar-refractivity contribution in [2.75, 3.05) is 25.0 Å². The molecular weight excluding hydrogens is 385 g/mol. The number of halogens is 3. The molecule has 2 rings (SSSR count). The number of benzene rings is 2. The third-order valence-corrected chi connectivity index (χ3v) is 4.28. The van der Waals surface area contributed by atoms with E-state index in [0.717, 1.165) is 18.1 Å². The van der Waals surface area contributed by atoms with Crippen LogP contribution in [0.25, 0.3) is 0 Å². The van der Waals surface area contributed by atoms with Crippen LogP contribution in [-0.4, -0.2) is 36.4 Å². The molecular formula is C21H23F3N2O3. The van der Waals surface area contributed by atoms with Gasteiger partial charge in [0.15, 0.2) is 6.61 Å². The van der Waals surface area contributed by atoms with E-state index in [1.54, 1.807) is 19.1 Å². The summed E-state index contributed by atoms with van der Waals surface area (Å²) >= 11 is 0. The van der Waals surface area contributed by atoms with E-state index in [2.05, 4.69) is 5.32 Å². The Bertz CT molecular complexity index is 853. The fourth-order valence-corrected chi connectivity index (χ4v) is 2.75. The molecule has 0 heterocycles. The van der Waals surface area contributed by atoms with Crippen LogP contribution in [0.3, 0.4) is 0 Å². The number of para-hydroxylation sites is 2. The fourth-order valence-electron chi connectivity index (χ4n) is 2.75. The van der Waals surface area contributed by atoms with Crippen molar-refractivity contribution in [2.45, 2.75) is 26.4 Å². The Morgan fingerprint density at radius 2 is 1.69 bits per heavy atom. The first-order valence-electron chi connectivity index (χ1n) is 9.20. The zero-order valence-electron chi connectivity index (χ0n) is 16.3. The average molecular weight is 408 g/mol. The van der Waals surface area contributed by atoms with Gasteiger partial charge in [0.25, 0.3) is 5.91 Å². The van der Waals surface area contributed by atoms with Crippen LogP contribution in [0.1, 0.15) is 25.0 Å². The SMILES string of the molecule is CCc1ccccc1OCC(=O)N(CC)CC(=O)Nc1ccccc1C(F)(F)F. The van der Waals surface area contributed by atoms with Crippen LogP contribution in [0.15, 0.2) is 48.5 Å². The molecule has 156 valence electrons. The average Bonchev–Trinajstić information content (AvgIpc) is 2.70. The van der Waals surface area contributed by atoms with Crippen LogP contribution in [0.5, 0.6) is 5.75 Å². The van der Waals surface area contributed by atoms with E-state index in [0.29, 0.717) is 5.75 Å². The lowest BCUT2D eigenvalue weighted by molar-refractivity contribution is -0.137. The molecule has 0 atom stereocenters. The maximum absolute atomic E-state index is 13.0. The molecule has 0 unspecified atom stereocenters. The number of carbonyl (C=O) groups is 2. The number of hydrogen-bond donors (Lipinski definition) is 1. The zero-order valence-corrected chi connectivity index (χ0v) is 16.3. The van der Waals surface area contributed by atoms with Crippen molar-refractivity contribution in [1.29, 1.82) is 0 Å². The number of alkyl halides is 3. The molecule has 0 aliphatic rings. The second-order valence-electron chi connectivity index (χ2n) is 6.25. The summed E-state index contributed by atoms with van der Waals surface area (Å²) in [5, 5.41) is 2.24. The molecule has 0 radical (unpaired) electrons.